The SMILES string of the molecule is CC(CC(=O)NCc1ccc(C(=O)O)cc1)C(C)(C)C. The van der Waals surface area contributed by atoms with Gasteiger partial charge in [0.1, 0.15) is 0 Å². The molecule has 1 rings (SSSR count). The van der Waals surface area contributed by atoms with Gasteiger partial charge in [-0.25, -0.2) is 4.79 Å². The number of carboxylic acids is 1. The van der Waals surface area contributed by atoms with Gasteiger partial charge >= 0.3 is 5.97 Å². The van der Waals surface area contributed by atoms with Crippen molar-refractivity contribution < 1.29 is 14.7 Å². The van der Waals surface area contributed by atoms with Crippen LogP contribution < -0.4 is 5.32 Å². The van der Waals surface area contributed by atoms with E-state index in [0.29, 0.717) is 18.9 Å². The van der Waals surface area contributed by atoms with Gasteiger partial charge in [-0.3, -0.25) is 4.79 Å². The quantitative estimate of drug-likeness (QED) is 0.869. The van der Waals surface area contributed by atoms with Crippen molar-refractivity contribution in [3.8, 4) is 0 Å². The van der Waals surface area contributed by atoms with Crippen molar-refractivity contribution in [3.05, 3.63) is 35.4 Å². The minimum Gasteiger partial charge on any atom is -0.478 e. The second-order valence-corrected chi connectivity index (χ2v) is 6.25. The zero-order valence-corrected chi connectivity index (χ0v) is 12.6. The van der Waals surface area contributed by atoms with E-state index >= 15 is 0 Å². The first kappa shape index (κ1) is 16.2. The van der Waals surface area contributed by atoms with Crippen LogP contribution in [0, 0.1) is 11.3 Å². The third kappa shape index (κ3) is 5.03. The highest BCUT2D eigenvalue weighted by Gasteiger charge is 2.22. The lowest BCUT2D eigenvalue weighted by Crippen LogP contribution is -2.28. The average molecular weight is 277 g/mol. The molecule has 1 unspecified atom stereocenters. The monoisotopic (exact) mass is 277 g/mol. The maximum atomic E-state index is 11.8. The molecule has 1 atom stereocenters. The fourth-order valence-corrected chi connectivity index (χ4v) is 1.62. The van der Waals surface area contributed by atoms with Gasteiger partial charge in [-0.15, -0.1) is 0 Å². The van der Waals surface area contributed by atoms with Gasteiger partial charge in [0.05, 0.1) is 5.56 Å². The molecule has 0 spiro atoms. The molecule has 110 valence electrons. The van der Waals surface area contributed by atoms with Crippen LogP contribution in [0.4, 0.5) is 0 Å². The summed E-state index contributed by atoms with van der Waals surface area (Å²) in [5.74, 6) is -0.619. The number of amides is 1. The minimum absolute atomic E-state index is 0.0229. The third-order valence-electron chi connectivity index (χ3n) is 3.66. The molecule has 0 aromatic heterocycles. The highest BCUT2D eigenvalue weighted by molar-refractivity contribution is 5.87. The molecule has 0 bridgehead atoms. The van der Waals surface area contributed by atoms with Crippen LogP contribution in [0.2, 0.25) is 0 Å². The highest BCUT2D eigenvalue weighted by Crippen LogP contribution is 2.27. The van der Waals surface area contributed by atoms with Crippen molar-refractivity contribution in [2.24, 2.45) is 11.3 Å². The summed E-state index contributed by atoms with van der Waals surface area (Å²) in [5.41, 5.74) is 1.26. The van der Waals surface area contributed by atoms with E-state index in [2.05, 4.69) is 33.0 Å². The Hall–Kier alpha value is -1.84. The van der Waals surface area contributed by atoms with Gasteiger partial charge < -0.3 is 10.4 Å². The Morgan fingerprint density at radius 1 is 1.20 bits per heavy atom. The molecule has 20 heavy (non-hydrogen) atoms. The van der Waals surface area contributed by atoms with E-state index in [1.807, 2.05) is 0 Å². The van der Waals surface area contributed by atoms with Gasteiger partial charge in [0.15, 0.2) is 0 Å². The Balaban J connectivity index is 2.47. The van der Waals surface area contributed by atoms with Crippen molar-refractivity contribution >= 4 is 11.9 Å². The predicted molar refractivity (Wildman–Crippen MR) is 78.5 cm³/mol. The molecule has 1 aromatic rings. The van der Waals surface area contributed by atoms with Crippen LogP contribution in [0.3, 0.4) is 0 Å². The molecule has 4 nitrogen and oxygen atoms in total. The van der Waals surface area contributed by atoms with E-state index in [1.165, 1.54) is 0 Å². The summed E-state index contributed by atoms with van der Waals surface area (Å²) >= 11 is 0. The molecular weight excluding hydrogens is 254 g/mol. The number of carboxylic acid groups (broad SMARTS) is 1. The molecule has 1 amide bonds. The number of rotatable bonds is 5. The van der Waals surface area contributed by atoms with E-state index in [-0.39, 0.29) is 16.9 Å². The van der Waals surface area contributed by atoms with Crippen LogP contribution in [0.1, 0.15) is 50.0 Å². The van der Waals surface area contributed by atoms with E-state index in [9.17, 15) is 9.59 Å². The summed E-state index contributed by atoms with van der Waals surface area (Å²) in [7, 11) is 0. The fourth-order valence-electron chi connectivity index (χ4n) is 1.62. The molecule has 0 radical (unpaired) electrons. The minimum atomic E-state index is -0.945. The van der Waals surface area contributed by atoms with Crippen LogP contribution >= 0.6 is 0 Å². The van der Waals surface area contributed by atoms with Gasteiger partial charge in [0.25, 0.3) is 0 Å². The summed E-state index contributed by atoms with van der Waals surface area (Å²) in [4.78, 5) is 22.6. The molecule has 2 N–H and O–H groups in total. The second-order valence-electron chi connectivity index (χ2n) is 6.25. The van der Waals surface area contributed by atoms with E-state index < -0.39 is 5.97 Å². The molecule has 4 heteroatoms. The Labute approximate surface area is 120 Å². The summed E-state index contributed by atoms with van der Waals surface area (Å²) < 4.78 is 0. The standard InChI is InChI=1S/C16H23NO3/c1-11(16(2,3)4)9-14(18)17-10-12-5-7-13(8-6-12)15(19)20/h5-8,11H,9-10H2,1-4H3,(H,17,18)(H,19,20). The van der Waals surface area contributed by atoms with E-state index in [1.54, 1.807) is 24.3 Å². The molecule has 0 aliphatic rings. The Morgan fingerprint density at radius 2 is 1.75 bits per heavy atom. The van der Waals surface area contributed by atoms with E-state index in [0.717, 1.165) is 5.56 Å². The maximum absolute atomic E-state index is 11.8. The summed E-state index contributed by atoms with van der Waals surface area (Å²) in [6.45, 7) is 8.86. The van der Waals surface area contributed by atoms with Gasteiger partial charge in [0, 0.05) is 13.0 Å². The molecule has 0 aliphatic carbocycles. The Kier molecular flexibility index (Phi) is 5.31. The lowest BCUT2D eigenvalue weighted by molar-refractivity contribution is -0.122. The van der Waals surface area contributed by atoms with Crippen LogP contribution in [0.5, 0.6) is 0 Å². The molecule has 1 aromatic carbocycles. The van der Waals surface area contributed by atoms with Crippen molar-refractivity contribution in [1.82, 2.24) is 5.32 Å². The average Bonchev–Trinajstić information content (AvgIpc) is 2.35. The first-order valence-electron chi connectivity index (χ1n) is 6.79. The molecule has 0 saturated heterocycles. The number of carbonyl (C=O) groups excluding carboxylic acids is 1. The highest BCUT2D eigenvalue weighted by atomic mass is 16.4. The van der Waals surface area contributed by atoms with Gasteiger partial charge in [-0.1, -0.05) is 39.8 Å². The molecule has 0 heterocycles. The normalized spacial score (nSPS) is 12.8. The first-order valence-corrected chi connectivity index (χ1v) is 6.79. The lowest BCUT2D eigenvalue weighted by atomic mass is 9.80. The zero-order chi connectivity index (χ0) is 15.3. The van der Waals surface area contributed by atoms with Crippen LogP contribution in [0.25, 0.3) is 0 Å². The number of benzene rings is 1. The van der Waals surface area contributed by atoms with Crippen molar-refractivity contribution in [3.63, 3.8) is 0 Å². The topological polar surface area (TPSA) is 66.4 Å². The molecular formula is C16H23NO3. The van der Waals surface area contributed by atoms with E-state index in [4.69, 9.17) is 5.11 Å². The smallest absolute Gasteiger partial charge is 0.335 e. The summed E-state index contributed by atoms with van der Waals surface area (Å²) in [6, 6.07) is 6.52. The summed E-state index contributed by atoms with van der Waals surface area (Å²) in [6.07, 6.45) is 0.497. The van der Waals surface area contributed by atoms with Crippen LogP contribution in [-0.4, -0.2) is 17.0 Å². The van der Waals surface area contributed by atoms with Crippen molar-refractivity contribution in [1.29, 1.82) is 0 Å². The van der Waals surface area contributed by atoms with Gasteiger partial charge in [0.2, 0.25) is 5.91 Å². The number of carbonyl (C=O) groups is 2. The maximum Gasteiger partial charge on any atom is 0.335 e. The number of hydrogen-bond acceptors (Lipinski definition) is 2. The van der Waals surface area contributed by atoms with Gasteiger partial charge in [-0.2, -0.15) is 0 Å². The first-order chi connectivity index (χ1) is 9.20. The van der Waals surface area contributed by atoms with Crippen LogP contribution in [-0.2, 0) is 11.3 Å². The number of aromatic carboxylic acids is 1. The molecule has 0 aliphatic heterocycles. The third-order valence-corrected chi connectivity index (χ3v) is 3.66. The van der Waals surface area contributed by atoms with Crippen molar-refractivity contribution in [2.75, 3.05) is 0 Å². The van der Waals surface area contributed by atoms with Gasteiger partial charge in [-0.05, 0) is 29.0 Å². The number of nitrogens with one attached hydrogen (secondary N) is 1. The number of hydrogen-bond donors (Lipinski definition) is 2. The largest absolute Gasteiger partial charge is 0.478 e. The van der Waals surface area contributed by atoms with Crippen LogP contribution in [0.15, 0.2) is 24.3 Å². The molecule has 0 fully saturated rings. The Morgan fingerprint density at radius 3 is 2.20 bits per heavy atom. The zero-order valence-electron chi connectivity index (χ0n) is 12.6. The lowest BCUT2D eigenvalue weighted by Gasteiger charge is -2.26. The Bertz CT molecular complexity index is 471. The fraction of sp³-hybridized carbons (Fsp3) is 0.500. The summed E-state index contributed by atoms with van der Waals surface area (Å²) in [5, 5.41) is 11.7. The van der Waals surface area contributed by atoms with Crippen molar-refractivity contribution in [2.45, 2.75) is 40.7 Å². The molecule has 0 saturated carbocycles. The predicted octanol–water partition coefficient (Wildman–Crippen LogP) is 3.07. The second kappa shape index (κ2) is 6.55.